The predicted octanol–water partition coefficient (Wildman–Crippen LogP) is 7.22. The lowest BCUT2D eigenvalue weighted by molar-refractivity contribution is 0.990. The van der Waals surface area contributed by atoms with Gasteiger partial charge in [0.25, 0.3) is 0 Å². The molecule has 0 aliphatic heterocycles. The zero-order valence-corrected chi connectivity index (χ0v) is 16.0. The predicted molar refractivity (Wildman–Crippen MR) is 117 cm³/mol. The SMILES string of the molecule is Ic1ccc2cc(-c3ccc4c5c(ccc4c3)CCC=C5)ccc2c1. The lowest BCUT2D eigenvalue weighted by Gasteiger charge is -2.14. The minimum Gasteiger partial charge on any atom is -0.0836 e. The quantitative estimate of drug-likeness (QED) is 0.279. The van der Waals surface area contributed by atoms with Gasteiger partial charge in [0, 0.05) is 3.57 Å². The molecule has 0 N–H and O–H groups in total. The van der Waals surface area contributed by atoms with Crippen LogP contribution >= 0.6 is 22.6 Å². The van der Waals surface area contributed by atoms with Crippen LogP contribution in [0, 0.1) is 3.57 Å². The summed E-state index contributed by atoms with van der Waals surface area (Å²) in [7, 11) is 0. The Kier molecular flexibility index (Phi) is 3.63. The van der Waals surface area contributed by atoms with Crippen molar-refractivity contribution in [3.8, 4) is 11.1 Å². The van der Waals surface area contributed by atoms with Crippen LogP contribution in [0.1, 0.15) is 17.5 Å². The van der Waals surface area contributed by atoms with Crippen LogP contribution in [0.3, 0.4) is 0 Å². The number of fused-ring (bicyclic) bond motifs is 4. The van der Waals surface area contributed by atoms with Crippen molar-refractivity contribution >= 4 is 50.2 Å². The van der Waals surface area contributed by atoms with Gasteiger partial charge in [-0.25, -0.2) is 0 Å². The van der Waals surface area contributed by atoms with Crippen LogP contribution in [-0.2, 0) is 6.42 Å². The fraction of sp³-hybridized carbons (Fsp3) is 0.0833. The molecule has 0 fully saturated rings. The maximum absolute atomic E-state index is 2.37. The molecule has 25 heavy (non-hydrogen) atoms. The lowest BCUT2D eigenvalue weighted by atomic mass is 9.90. The fourth-order valence-corrected chi connectivity index (χ4v) is 4.34. The molecule has 5 rings (SSSR count). The first kappa shape index (κ1) is 15.2. The summed E-state index contributed by atoms with van der Waals surface area (Å²) in [5.41, 5.74) is 5.45. The van der Waals surface area contributed by atoms with Gasteiger partial charge in [0.1, 0.15) is 0 Å². The van der Waals surface area contributed by atoms with Crippen molar-refractivity contribution in [3.63, 3.8) is 0 Å². The standard InChI is InChI=1S/C24H17I/c25-22-11-9-18-13-17(6-7-20(18)15-22)19-10-12-24-21(14-19)8-5-16-3-1-2-4-23(16)24/h2,4-15H,1,3H2. The molecule has 1 heteroatoms. The van der Waals surface area contributed by atoms with E-state index in [9.17, 15) is 0 Å². The molecule has 4 aromatic carbocycles. The Labute approximate surface area is 161 Å². The largest absolute Gasteiger partial charge is 0.0836 e. The number of benzene rings is 4. The smallest absolute Gasteiger partial charge is 0.0136 e. The molecular formula is C24H17I. The van der Waals surface area contributed by atoms with E-state index >= 15 is 0 Å². The van der Waals surface area contributed by atoms with Crippen molar-refractivity contribution in [3.05, 3.63) is 87.5 Å². The first-order chi connectivity index (χ1) is 12.3. The first-order valence-corrected chi connectivity index (χ1v) is 9.78. The number of allylic oxidation sites excluding steroid dienone is 1. The summed E-state index contributed by atoms with van der Waals surface area (Å²) in [5, 5.41) is 5.29. The van der Waals surface area contributed by atoms with E-state index in [1.54, 1.807) is 0 Å². The van der Waals surface area contributed by atoms with Gasteiger partial charge in [-0.1, -0.05) is 54.6 Å². The molecule has 0 saturated carbocycles. The van der Waals surface area contributed by atoms with Crippen LogP contribution in [0.5, 0.6) is 0 Å². The van der Waals surface area contributed by atoms with E-state index in [-0.39, 0.29) is 0 Å². The minimum absolute atomic E-state index is 1.16. The third-order valence-corrected chi connectivity index (χ3v) is 5.82. The van der Waals surface area contributed by atoms with Gasteiger partial charge in [0.2, 0.25) is 0 Å². The molecule has 0 bridgehead atoms. The van der Waals surface area contributed by atoms with Crippen molar-refractivity contribution in [2.24, 2.45) is 0 Å². The van der Waals surface area contributed by atoms with Gasteiger partial charge in [0.15, 0.2) is 0 Å². The second-order valence-electron chi connectivity index (χ2n) is 6.72. The maximum Gasteiger partial charge on any atom is 0.0136 e. The Hall–Kier alpha value is -2.13. The molecule has 1 aliphatic carbocycles. The van der Waals surface area contributed by atoms with Crippen molar-refractivity contribution < 1.29 is 0 Å². The van der Waals surface area contributed by atoms with Gasteiger partial charge < -0.3 is 0 Å². The van der Waals surface area contributed by atoms with E-state index in [0.29, 0.717) is 0 Å². The lowest BCUT2D eigenvalue weighted by Crippen LogP contribution is -1.94. The Bertz CT molecular complexity index is 1150. The summed E-state index contributed by atoms with van der Waals surface area (Å²) in [6, 6.07) is 24.8. The van der Waals surface area contributed by atoms with Crippen molar-refractivity contribution in [2.75, 3.05) is 0 Å². The van der Waals surface area contributed by atoms with Gasteiger partial charge >= 0.3 is 0 Å². The highest BCUT2D eigenvalue weighted by Gasteiger charge is 2.09. The molecule has 1 aliphatic rings. The molecule has 120 valence electrons. The average Bonchev–Trinajstić information content (AvgIpc) is 2.67. The molecule has 0 atom stereocenters. The second kappa shape index (κ2) is 5.99. The maximum atomic E-state index is 2.37. The van der Waals surface area contributed by atoms with Crippen LogP contribution in [-0.4, -0.2) is 0 Å². The van der Waals surface area contributed by atoms with Crippen LogP contribution in [0.15, 0.2) is 72.8 Å². The van der Waals surface area contributed by atoms with Crippen LogP contribution in [0.25, 0.3) is 38.7 Å². The molecule has 0 unspecified atom stereocenters. The zero-order valence-electron chi connectivity index (χ0n) is 13.8. The van der Waals surface area contributed by atoms with E-state index < -0.39 is 0 Å². The highest BCUT2D eigenvalue weighted by Crippen LogP contribution is 2.32. The molecule has 0 radical (unpaired) electrons. The summed E-state index contributed by atoms with van der Waals surface area (Å²) in [5.74, 6) is 0. The molecule has 0 saturated heterocycles. The summed E-state index contributed by atoms with van der Waals surface area (Å²) in [6.07, 6.45) is 6.90. The van der Waals surface area contributed by atoms with Crippen molar-refractivity contribution in [1.82, 2.24) is 0 Å². The Balaban J connectivity index is 1.66. The zero-order chi connectivity index (χ0) is 16.8. The fourth-order valence-electron chi connectivity index (χ4n) is 3.83. The van der Waals surface area contributed by atoms with Gasteiger partial charge in [-0.3, -0.25) is 0 Å². The van der Waals surface area contributed by atoms with Gasteiger partial charge in [-0.05, 0) is 103 Å². The summed E-state index contributed by atoms with van der Waals surface area (Å²) < 4.78 is 1.28. The third-order valence-electron chi connectivity index (χ3n) is 5.15. The Morgan fingerprint density at radius 1 is 0.680 bits per heavy atom. The van der Waals surface area contributed by atoms with Gasteiger partial charge in [-0.2, -0.15) is 0 Å². The van der Waals surface area contributed by atoms with Crippen molar-refractivity contribution in [1.29, 1.82) is 0 Å². The van der Waals surface area contributed by atoms with Gasteiger partial charge in [-0.15, -0.1) is 0 Å². The topological polar surface area (TPSA) is 0 Å². The van der Waals surface area contributed by atoms with Gasteiger partial charge in [0.05, 0.1) is 0 Å². The molecule has 0 spiro atoms. The molecule has 0 heterocycles. The van der Waals surface area contributed by atoms with Crippen molar-refractivity contribution in [2.45, 2.75) is 12.8 Å². The highest BCUT2D eigenvalue weighted by atomic mass is 127. The number of rotatable bonds is 1. The molecule has 0 nitrogen and oxygen atoms in total. The van der Waals surface area contributed by atoms with E-state index in [1.165, 1.54) is 47.4 Å². The van der Waals surface area contributed by atoms with Crippen LogP contribution in [0.2, 0.25) is 0 Å². The van der Waals surface area contributed by atoms with Crippen LogP contribution in [0.4, 0.5) is 0 Å². The highest BCUT2D eigenvalue weighted by molar-refractivity contribution is 14.1. The normalized spacial score (nSPS) is 13.3. The Morgan fingerprint density at radius 2 is 1.40 bits per heavy atom. The summed E-state index contributed by atoms with van der Waals surface area (Å²) in [6.45, 7) is 0. The molecular weight excluding hydrogens is 415 g/mol. The Morgan fingerprint density at radius 3 is 2.32 bits per heavy atom. The molecule has 0 aromatic heterocycles. The minimum atomic E-state index is 1.16. The second-order valence-corrected chi connectivity index (χ2v) is 7.97. The number of aryl methyl sites for hydroxylation is 1. The molecule has 0 amide bonds. The number of hydrogen-bond donors (Lipinski definition) is 0. The van der Waals surface area contributed by atoms with E-state index in [4.69, 9.17) is 0 Å². The third kappa shape index (κ3) is 2.67. The van der Waals surface area contributed by atoms with E-state index in [0.717, 1.165) is 12.8 Å². The first-order valence-electron chi connectivity index (χ1n) is 8.70. The van der Waals surface area contributed by atoms with E-state index in [1.807, 2.05) is 0 Å². The molecule has 4 aromatic rings. The van der Waals surface area contributed by atoms with Crippen LogP contribution < -0.4 is 0 Å². The summed E-state index contributed by atoms with van der Waals surface area (Å²) in [4.78, 5) is 0. The number of hydrogen-bond acceptors (Lipinski definition) is 0. The monoisotopic (exact) mass is 432 g/mol. The number of halogens is 1. The summed E-state index contributed by atoms with van der Waals surface area (Å²) >= 11 is 2.37. The van der Waals surface area contributed by atoms with E-state index in [2.05, 4.69) is 101 Å². The average molecular weight is 432 g/mol.